The van der Waals surface area contributed by atoms with Crippen LogP contribution >= 0.6 is 11.6 Å². The molecular formula is C10H11ClFN3O2. The Balaban J connectivity index is 2.74. The number of amides is 2. The molecule has 0 heterocycles. The molecule has 92 valence electrons. The highest BCUT2D eigenvalue weighted by Crippen LogP contribution is 2.21. The SMILES string of the molecule is NC(=O)CC(N)C(=O)Nc1cccc(Cl)c1F. The van der Waals surface area contributed by atoms with Crippen molar-refractivity contribution < 1.29 is 14.0 Å². The van der Waals surface area contributed by atoms with Crippen LogP contribution in [0.2, 0.25) is 5.02 Å². The van der Waals surface area contributed by atoms with E-state index in [1.807, 2.05) is 0 Å². The molecule has 0 saturated heterocycles. The van der Waals surface area contributed by atoms with E-state index in [2.05, 4.69) is 5.32 Å². The van der Waals surface area contributed by atoms with Gasteiger partial charge in [0.25, 0.3) is 0 Å². The van der Waals surface area contributed by atoms with Crippen LogP contribution in [0, 0.1) is 5.82 Å². The first-order valence-electron chi connectivity index (χ1n) is 4.70. The van der Waals surface area contributed by atoms with E-state index >= 15 is 0 Å². The molecule has 2 amide bonds. The van der Waals surface area contributed by atoms with Gasteiger partial charge in [-0.1, -0.05) is 17.7 Å². The molecule has 1 aromatic carbocycles. The molecule has 0 saturated carbocycles. The summed E-state index contributed by atoms with van der Waals surface area (Å²) in [6, 6.07) is 3.03. The third-order valence-corrected chi connectivity index (χ3v) is 2.26. The lowest BCUT2D eigenvalue weighted by Crippen LogP contribution is -2.39. The van der Waals surface area contributed by atoms with Gasteiger partial charge in [0.15, 0.2) is 5.82 Å². The highest BCUT2D eigenvalue weighted by molar-refractivity contribution is 6.31. The Bertz CT molecular complexity index is 453. The minimum atomic E-state index is -1.12. The molecule has 0 aromatic heterocycles. The van der Waals surface area contributed by atoms with Crippen LogP contribution < -0.4 is 16.8 Å². The normalized spacial score (nSPS) is 11.9. The van der Waals surface area contributed by atoms with Gasteiger partial charge in [-0.2, -0.15) is 0 Å². The van der Waals surface area contributed by atoms with Gasteiger partial charge >= 0.3 is 0 Å². The molecule has 5 nitrogen and oxygen atoms in total. The molecule has 0 aliphatic rings. The van der Waals surface area contributed by atoms with Gasteiger partial charge in [0.1, 0.15) is 0 Å². The standard InChI is InChI=1S/C10H11ClFN3O2/c11-5-2-1-3-7(9(5)12)15-10(17)6(13)4-8(14)16/h1-3,6H,4,13H2,(H2,14,16)(H,15,17). The van der Waals surface area contributed by atoms with Crippen LogP contribution in [0.4, 0.5) is 10.1 Å². The number of rotatable bonds is 4. The maximum absolute atomic E-state index is 13.4. The third-order valence-electron chi connectivity index (χ3n) is 1.97. The number of benzene rings is 1. The zero-order valence-electron chi connectivity index (χ0n) is 8.74. The minimum absolute atomic E-state index is 0.0950. The van der Waals surface area contributed by atoms with E-state index in [1.165, 1.54) is 18.2 Å². The Kier molecular flexibility index (Phi) is 4.42. The maximum Gasteiger partial charge on any atom is 0.241 e. The molecule has 0 spiro atoms. The topological polar surface area (TPSA) is 98.2 Å². The van der Waals surface area contributed by atoms with Gasteiger partial charge in [-0.15, -0.1) is 0 Å². The van der Waals surface area contributed by atoms with Crippen molar-refractivity contribution in [3.05, 3.63) is 29.0 Å². The fourth-order valence-electron chi connectivity index (χ4n) is 1.14. The maximum atomic E-state index is 13.4. The highest BCUT2D eigenvalue weighted by atomic mass is 35.5. The number of primary amides is 1. The van der Waals surface area contributed by atoms with Gasteiger partial charge in [-0.3, -0.25) is 9.59 Å². The number of halogens is 2. The lowest BCUT2D eigenvalue weighted by molar-refractivity contribution is -0.123. The van der Waals surface area contributed by atoms with Crippen LogP contribution in [0.3, 0.4) is 0 Å². The molecule has 17 heavy (non-hydrogen) atoms. The van der Waals surface area contributed by atoms with Gasteiger partial charge in [-0.05, 0) is 12.1 Å². The predicted octanol–water partition coefficient (Wildman–Crippen LogP) is 0.620. The van der Waals surface area contributed by atoms with Gasteiger partial charge in [0, 0.05) is 0 Å². The van der Waals surface area contributed by atoms with E-state index in [0.29, 0.717) is 0 Å². The molecule has 1 aromatic rings. The number of carbonyl (C=O) groups is 2. The van der Waals surface area contributed by atoms with Crippen molar-refractivity contribution in [1.29, 1.82) is 0 Å². The van der Waals surface area contributed by atoms with Crippen LogP contribution in [-0.4, -0.2) is 17.9 Å². The Morgan fingerprint density at radius 3 is 2.71 bits per heavy atom. The van der Waals surface area contributed by atoms with Crippen molar-refractivity contribution >= 4 is 29.1 Å². The Morgan fingerprint density at radius 2 is 2.12 bits per heavy atom. The van der Waals surface area contributed by atoms with Crippen molar-refractivity contribution in [2.75, 3.05) is 5.32 Å². The molecule has 1 atom stereocenters. The minimum Gasteiger partial charge on any atom is -0.370 e. The number of nitrogens with one attached hydrogen (secondary N) is 1. The smallest absolute Gasteiger partial charge is 0.241 e. The Morgan fingerprint density at radius 1 is 1.47 bits per heavy atom. The van der Waals surface area contributed by atoms with Gasteiger partial charge in [-0.25, -0.2) is 4.39 Å². The number of hydrogen-bond donors (Lipinski definition) is 3. The molecule has 0 aliphatic carbocycles. The lowest BCUT2D eigenvalue weighted by Gasteiger charge is -2.11. The second-order valence-electron chi connectivity index (χ2n) is 3.37. The number of anilines is 1. The molecule has 1 unspecified atom stereocenters. The second-order valence-corrected chi connectivity index (χ2v) is 3.77. The average Bonchev–Trinajstić information content (AvgIpc) is 2.23. The molecule has 1 rings (SSSR count). The van der Waals surface area contributed by atoms with E-state index < -0.39 is 23.7 Å². The molecular weight excluding hydrogens is 249 g/mol. The van der Waals surface area contributed by atoms with Crippen LogP contribution in [0.25, 0.3) is 0 Å². The summed E-state index contributed by atoms with van der Waals surface area (Å²) in [6.07, 6.45) is -0.311. The summed E-state index contributed by atoms with van der Waals surface area (Å²) < 4.78 is 13.4. The van der Waals surface area contributed by atoms with Crippen molar-refractivity contribution in [1.82, 2.24) is 0 Å². The van der Waals surface area contributed by atoms with Crippen molar-refractivity contribution in [2.45, 2.75) is 12.5 Å². The second kappa shape index (κ2) is 5.60. The number of hydrogen-bond acceptors (Lipinski definition) is 3. The first-order valence-corrected chi connectivity index (χ1v) is 5.08. The molecule has 0 radical (unpaired) electrons. The lowest BCUT2D eigenvalue weighted by atomic mass is 10.2. The number of carbonyl (C=O) groups excluding carboxylic acids is 2. The van der Waals surface area contributed by atoms with E-state index in [-0.39, 0.29) is 17.1 Å². The molecule has 0 bridgehead atoms. The average molecular weight is 260 g/mol. The summed E-state index contributed by atoms with van der Waals surface area (Å²) in [5, 5.41) is 2.11. The fraction of sp³-hybridized carbons (Fsp3) is 0.200. The summed E-state index contributed by atoms with van der Waals surface area (Å²) >= 11 is 5.53. The first-order chi connectivity index (χ1) is 7.91. The first kappa shape index (κ1) is 13.4. The zero-order valence-corrected chi connectivity index (χ0v) is 9.50. The van der Waals surface area contributed by atoms with Gasteiger partial charge in [0.05, 0.1) is 23.2 Å². The molecule has 5 N–H and O–H groups in total. The summed E-state index contributed by atoms with van der Waals surface area (Å²) in [7, 11) is 0. The monoisotopic (exact) mass is 259 g/mol. The van der Waals surface area contributed by atoms with Crippen molar-refractivity contribution in [2.24, 2.45) is 11.5 Å². The van der Waals surface area contributed by atoms with Crippen LogP contribution in [0.1, 0.15) is 6.42 Å². The van der Waals surface area contributed by atoms with Crippen molar-refractivity contribution in [3.8, 4) is 0 Å². The Hall–Kier alpha value is -1.66. The molecule has 0 aliphatic heterocycles. The quantitative estimate of drug-likeness (QED) is 0.739. The van der Waals surface area contributed by atoms with Crippen LogP contribution in [0.15, 0.2) is 18.2 Å². The van der Waals surface area contributed by atoms with E-state index in [0.717, 1.165) is 0 Å². The highest BCUT2D eigenvalue weighted by Gasteiger charge is 2.17. The van der Waals surface area contributed by atoms with Gasteiger partial charge < -0.3 is 16.8 Å². The summed E-state index contributed by atoms with van der Waals surface area (Å²) in [6.45, 7) is 0. The summed E-state index contributed by atoms with van der Waals surface area (Å²) in [4.78, 5) is 22.0. The largest absolute Gasteiger partial charge is 0.370 e. The van der Waals surface area contributed by atoms with Gasteiger partial charge in [0.2, 0.25) is 11.8 Å². The predicted molar refractivity (Wildman–Crippen MR) is 61.8 cm³/mol. The zero-order chi connectivity index (χ0) is 13.0. The summed E-state index contributed by atoms with van der Waals surface area (Å²) in [5.41, 5.74) is 10.2. The van der Waals surface area contributed by atoms with E-state index in [4.69, 9.17) is 23.1 Å². The van der Waals surface area contributed by atoms with Crippen molar-refractivity contribution in [3.63, 3.8) is 0 Å². The summed E-state index contributed by atoms with van der Waals surface area (Å²) in [5.74, 6) is -2.17. The van der Waals surface area contributed by atoms with Crippen LogP contribution in [-0.2, 0) is 9.59 Å². The third kappa shape index (κ3) is 3.69. The fourth-order valence-corrected chi connectivity index (χ4v) is 1.31. The van der Waals surface area contributed by atoms with E-state index in [9.17, 15) is 14.0 Å². The number of nitrogens with two attached hydrogens (primary N) is 2. The van der Waals surface area contributed by atoms with E-state index in [1.54, 1.807) is 0 Å². The van der Waals surface area contributed by atoms with Crippen LogP contribution in [0.5, 0.6) is 0 Å². The Labute approximate surface area is 102 Å². The molecule has 7 heteroatoms. The molecule has 0 fully saturated rings.